The van der Waals surface area contributed by atoms with Crippen LogP contribution in [0.4, 0.5) is 0 Å². The van der Waals surface area contributed by atoms with Crippen LogP contribution in [0.2, 0.25) is 0 Å². The van der Waals surface area contributed by atoms with Gasteiger partial charge in [-0.3, -0.25) is 0 Å². The maximum atomic E-state index is 9.95. The average Bonchev–Trinajstić information content (AvgIpc) is 3.04. The summed E-state index contributed by atoms with van der Waals surface area (Å²) in [6, 6.07) is 5.31. The first-order chi connectivity index (χ1) is 11.9. The molecular weight excluding hydrogens is 362 g/mol. The van der Waals surface area contributed by atoms with Crippen LogP contribution in [0.15, 0.2) is 28.9 Å². The number of furan rings is 1. The number of pyridine rings is 1. The number of aromatic nitrogens is 1. The minimum Gasteiger partial charge on any atom is -0.495 e. The Balaban J connectivity index is 0.00000243. The third-order valence-corrected chi connectivity index (χ3v) is 4.06. The molecule has 7 nitrogen and oxygen atoms in total. The van der Waals surface area contributed by atoms with E-state index in [1.165, 1.54) is 21.0 Å². The summed E-state index contributed by atoms with van der Waals surface area (Å²) in [5.41, 5.74) is -0.320. The lowest BCUT2D eigenvalue weighted by Crippen LogP contribution is -2.40. The molecule has 0 saturated carbocycles. The van der Waals surface area contributed by atoms with Gasteiger partial charge in [-0.05, 0) is 32.0 Å². The van der Waals surface area contributed by atoms with E-state index in [0.29, 0.717) is 28.5 Å². The molecule has 0 aliphatic rings. The Morgan fingerprint density at radius 1 is 1.12 bits per heavy atom. The fourth-order valence-corrected chi connectivity index (χ4v) is 2.56. The van der Waals surface area contributed by atoms with E-state index in [4.69, 9.17) is 18.6 Å². The number of halogens is 1. The van der Waals surface area contributed by atoms with Gasteiger partial charge in [-0.2, -0.15) is 0 Å². The van der Waals surface area contributed by atoms with Crippen LogP contribution >= 0.6 is 12.4 Å². The number of rotatable bonds is 6. The molecular formula is C18H22ClNO6. The monoisotopic (exact) mass is 383 g/mol. The number of hydrogen-bond acceptors (Lipinski definition) is 7. The predicted molar refractivity (Wildman–Crippen MR) is 99.7 cm³/mol. The quantitative estimate of drug-likeness (QED) is 0.675. The molecule has 2 aromatic heterocycles. The van der Waals surface area contributed by atoms with Crippen molar-refractivity contribution in [3.63, 3.8) is 0 Å². The first-order valence-electron chi connectivity index (χ1n) is 7.82. The highest BCUT2D eigenvalue weighted by Crippen LogP contribution is 2.41. The molecule has 26 heavy (non-hydrogen) atoms. The Bertz CT molecular complexity index is 902. The summed E-state index contributed by atoms with van der Waals surface area (Å²) in [6.45, 7) is 2.93. The Morgan fingerprint density at radius 3 is 2.42 bits per heavy atom. The first-order valence-corrected chi connectivity index (χ1v) is 7.82. The number of aliphatic hydroxyl groups is 2. The molecule has 1 aromatic carbocycles. The number of fused-ring (bicyclic) bond motifs is 2. The highest BCUT2D eigenvalue weighted by Gasteiger charge is 2.26. The van der Waals surface area contributed by atoms with Gasteiger partial charge >= 0.3 is 0 Å². The minimum atomic E-state index is -1.27. The molecule has 0 radical (unpaired) electrons. The van der Waals surface area contributed by atoms with Gasteiger partial charge in [0.1, 0.15) is 24.0 Å². The van der Waals surface area contributed by atoms with Crippen LogP contribution in [-0.2, 0) is 0 Å². The van der Waals surface area contributed by atoms with Crippen molar-refractivity contribution in [2.24, 2.45) is 0 Å². The van der Waals surface area contributed by atoms with Crippen molar-refractivity contribution in [2.45, 2.75) is 25.6 Å². The summed E-state index contributed by atoms with van der Waals surface area (Å²) in [6.07, 6.45) is 0.491. The van der Waals surface area contributed by atoms with Crippen molar-refractivity contribution in [3.8, 4) is 17.2 Å². The largest absolute Gasteiger partial charge is 0.495 e. The van der Waals surface area contributed by atoms with Crippen LogP contribution in [0.3, 0.4) is 0 Å². The molecule has 0 bridgehead atoms. The van der Waals surface area contributed by atoms with E-state index in [1.54, 1.807) is 25.5 Å². The number of aliphatic hydroxyl groups excluding tert-OH is 1. The molecule has 1 unspecified atom stereocenters. The van der Waals surface area contributed by atoms with Crippen molar-refractivity contribution in [3.05, 3.63) is 24.5 Å². The molecule has 3 aromatic rings. The van der Waals surface area contributed by atoms with Gasteiger partial charge in [0.2, 0.25) is 5.71 Å². The van der Waals surface area contributed by atoms with Crippen LogP contribution in [0.1, 0.15) is 13.8 Å². The highest BCUT2D eigenvalue weighted by molar-refractivity contribution is 6.02. The van der Waals surface area contributed by atoms with Crippen LogP contribution in [0, 0.1) is 0 Å². The van der Waals surface area contributed by atoms with Crippen LogP contribution in [0.25, 0.3) is 22.0 Å². The van der Waals surface area contributed by atoms with Gasteiger partial charge in [-0.15, -0.1) is 12.4 Å². The van der Waals surface area contributed by atoms with Gasteiger partial charge in [-0.25, -0.2) is 4.98 Å². The second-order valence-corrected chi connectivity index (χ2v) is 6.26. The van der Waals surface area contributed by atoms with E-state index in [9.17, 15) is 10.2 Å². The summed E-state index contributed by atoms with van der Waals surface area (Å²) in [4.78, 5) is 4.49. The Labute approximate surface area is 156 Å². The summed E-state index contributed by atoms with van der Waals surface area (Å²) in [5.74, 6) is 1.44. The van der Waals surface area contributed by atoms with Crippen LogP contribution in [0.5, 0.6) is 17.2 Å². The molecule has 0 aliphatic heterocycles. The lowest BCUT2D eigenvalue weighted by Gasteiger charge is -2.24. The van der Waals surface area contributed by atoms with Crippen molar-refractivity contribution in [1.29, 1.82) is 0 Å². The Hall–Kier alpha value is -2.22. The molecule has 142 valence electrons. The van der Waals surface area contributed by atoms with Crippen LogP contribution < -0.4 is 14.2 Å². The third-order valence-electron chi connectivity index (χ3n) is 4.06. The van der Waals surface area contributed by atoms with Crippen molar-refractivity contribution < 1.29 is 28.8 Å². The summed E-state index contributed by atoms with van der Waals surface area (Å²) < 4.78 is 22.0. The zero-order valence-electron chi connectivity index (χ0n) is 15.0. The van der Waals surface area contributed by atoms with Crippen molar-refractivity contribution in [1.82, 2.24) is 4.98 Å². The third kappa shape index (κ3) is 3.51. The van der Waals surface area contributed by atoms with E-state index in [2.05, 4.69) is 4.98 Å². The molecule has 8 heteroatoms. The molecule has 2 N–H and O–H groups in total. The molecule has 0 fully saturated rings. The maximum absolute atomic E-state index is 9.95. The van der Waals surface area contributed by atoms with Crippen LogP contribution in [-0.4, -0.2) is 47.7 Å². The van der Waals surface area contributed by atoms with Gasteiger partial charge in [0.15, 0.2) is 11.5 Å². The summed E-state index contributed by atoms with van der Waals surface area (Å²) in [5, 5.41) is 21.3. The van der Waals surface area contributed by atoms with Crippen molar-refractivity contribution >= 4 is 34.4 Å². The molecule has 0 aliphatic carbocycles. The zero-order valence-corrected chi connectivity index (χ0v) is 15.8. The second-order valence-electron chi connectivity index (χ2n) is 6.26. The lowest BCUT2D eigenvalue weighted by molar-refractivity contribution is -0.0663. The first kappa shape index (κ1) is 20.1. The summed E-state index contributed by atoms with van der Waals surface area (Å²) >= 11 is 0. The van der Waals surface area contributed by atoms with E-state index in [-0.39, 0.29) is 19.0 Å². The number of benzene rings is 1. The molecule has 0 amide bonds. The van der Waals surface area contributed by atoms with E-state index >= 15 is 0 Å². The topological polar surface area (TPSA) is 94.2 Å². The minimum absolute atomic E-state index is 0. The fourth-order valence-electron chi connectivity index (χ4n) is 2.56. The zero-order chi connectivity index (χ0) is 18.2. The van der Waals surface area contributed by atoms with E-state index in [1.807, 2.05) is 6.07 Å². The predicted octanol–water partition coefficient (Wildman–Crippen LogP) is 2.93. The number of ether oxygens (including phenoxy) is 3. The fraction of sp³-hybridized carbons (Fsp3) is 0.389. The lowest BCUT2D eigenvalue weighted by atomic mass is 10.0. The number of nitrogens with zero attached hydrogens (tertiary/aromatic N) is 1. The van der Waals surface area contributed by atoms with Gasteiger partial charge in [0.25, 0.3) is 0 Å². The molecule has 2 heterocycles. The Kier molecular flexibility index (Phi) is 5.85. The van der Waals surface area contributed by atoms with Gasteiger partial charge in [-0.1, -0.05) is 0 Å². The molecule has 0 spiro atoms. The normalized spacial score (nSPS) is 12.7. The SMILES string of the molecule is COc1c2ccoc2nc2c(OC)c(OCC(O)C(C)(C)O)ccc12.Cl. The summed E-state index contributed by atoms with van der Waals surface area (Å²) in [7, 11) is 3.09. The van der Waals surface area contributed by atoms with E-state index < -0.39 is 11.7 Å². The highest BCUT2D eigenvalue weighted by atomic mass is 35.5. The molecule has 1 atom stereocenters. The maximum Gasteiger partial charge on any atom is 0.230 e. The Morgan fingerprint density at radius 2 is 1.81 bits per heavy atom. The smallest absolute Gasteiger partial charge is 0.230 e. The van der Waals surface area contributed by atoms with Crippen molar-refractivity contribution in [2.75, 3.05) is 20.8 Å². The number of methoxy groups -OCH3 is 2. The van der Waals surface area contributed by atoms with Gasteiger partial charge in [0.05, 0.1) is 31.5 Å². The number of hydrogen-bond donors (Lipinski definition) is 2. The average molecular weight is 384 g/mol. The van der Waals surface area contributed by atoms with Gasteiger partial charge in [0, 0.05) is 5.39 Å². The van der Waals surface area contributed by atoms with E-state index in [0.717, 1.165) is 10.8 Å². The molecule has 0 saturated heterocycles. The standard InChI is InChI=1S/C18H21NO6.ClH/c1-18(2,21)13(20)9-25-12-6-5-10-14(16(12)23-4)19-17-11(7-8-24-17)15(10)22-3;/h5-8,13,20-21H,9H2,1-4H3;1H. The molecule has 3 rings (SSSR count). The van der Waals surface area contributed by atoms with Gasteiger partial charge < -0.3 is 28.8 Å². The second kappa shape index (κ2) is 7.57.